The van der Waals surface area contributed by atoms with Gasteiger partial charge in [-0.15, -0.1) is 0 Å². The number of nitrogens with two attached hydrogens (primary N) is 1. The molecule has 0 bridgehead atoms. The van der Waals surface area contributed by atoms with Crippen molar-refractivity contribution < 1.29 is 8.98 Å². The lowest BCUT2D eigenvalue weighted by atomic mass is 10.5. The number of aliphatic imine (C=N–C) groups is 1. The van der Waals surface area contributed by atoms with Gasteiger partial charge in [-0.05, 0) is 6.92 Å². The van der Waals surface area contributed by atoms with Crippen LogP contribution in [-0.2, 0) is 8.98 Å². The summed E-state index contributed by atoms with van der Waals surface area (Å²) in [5.74, 6) is -0.494. The van der Waals surface area contributed by atoms with Crippen LogP contribution in [0.1, 0.15) is 6.92 Å². The van der Waals surface area contributed by atoms with E-state index in [-0.39, 0.29) is 0 Å². The van der Waals surface area contributed by atoms with E-state index >= 15 is 0 Å². The molecule has 1 aliphatic rings. The van der Waals surface area contributed by atoms with Crippen LogP contribution in [0.15, 0.2) is 16.1 Å². The highest BCUT2D eigenvalue weighted by molar-refractivity contribution is 8.27. The van der Waals surface area contributed by atoms with Gasteiger partial charge in [0.25, 0.3) is 5.91 Å². The molecule has 11 heavy (non-hydrogen) atoms. The molecule has 0 aromatic rings. The predicted octanol–water partition coefficient (Wildman–Crippen LogP) is 0.308. The average Bonchev–Trinajstić information content (AvgIpc) is 2.37. The van der Waals surface area contributed by atoms with Gasteiger partial charge in [0.1, 0.15) is 5.70 Å². The predicted molar refractivity (Wildman–Crippen MR) is 46.4 cm³/mol. The summed E-state index contributed by atoms with van der Waals surface area (Å²) in [6.07, 6.45) is 0. The second kappa shape index (κ2) is 3.54. The average molecular weight is 174 g/mol. The van der Waals surface area contributed by atoms with Crippen LogP contribution >= 0.6 is 11.2 Å². The monoisotopic (exact) mass is 174 g/mol. The highest BCUT2D eigenvalue weighted by Gasteiger charge is 2.10. The molecule has 1 rings (SSSR count). The third-order valence-electron chi connectivity index (χ3n) is 1.09. The summed E-state index contributed by atoms with van der Waals surface area (Å²) in [5, 5.41) is 1.67. The van der Waals surface area contributed by atoms with Gasteiger partial charge in [-0.25, -0.2) is 4.99 Å². The van der Waals surface area contributed by atoms with Crippen LogP contribution in [0.3, 0.4) is 0 Å². The Morgan fingerprint density at radius 1 is 1.91 bits per heavy atom. The van der Waals surface area contributed by atoms with Gasteiger partial charge in [0.05, 0.1) is 12.2 Å². The molecule has 1 aliphatic heterocycles. The fourth-order valence-corrected chi connectivity index (χ4v) is 1.83. The Kier molecular flexibility index (Phi) is 2.67. The molecule has 0 aromatic carbocycles. The molecule has 1 unspecified atom stereocenters. The zero-order chi connectivity index (χ0) is 8.27. The van der Waals surface area contributed by atoms with Crippen LogP contribution in [0.2, 0.25) is 0 Å². The first-order valence-electron chi connectivity index (χ1n) is 3.21. The van der Waals surface area contributed by atoms with Crippen molar-refractivity contribution in [3.8, 4) is 0 Å². The van der Waals surface area contributed by atoms with E-state index in [9.17, 15) is 4.79 Å². The molecule has 1 heterocycles. The lowest BCUT2D eigenvalue weighted by molar-refractivity contribution is -0.114. The van der Waals surface area contributed by atoms with Gasteiger partial charge in [-0.1, -0.05) is 11.2 Å². The van der Waals surface area contributed by atoms with Gasteiger partial charge < -0.3 is 9.92 Å². The molecule has 1 amide bonds. The minimum absolute atomic E-state index is 0.310. The number of thiol groups is 1. The van der Waals surface area contributed by atoms with Crippen molar-refractivity contribution in [3.05, 3.63) is 11.1 Å². The summed E-state index contributed by atoms with van der Waals surface area (Å²) in [4.78, 5) is 14.3. The van der Waals surface area contributed by atoms with E-state index in [1.54, 1.807) is 11.0 Å². The minimum Gasteiger partial charge on any atom is -0.364 e. The van der Waals surface area contributed by atoms with Crippen LogP contribution in [-0.4, -0.2) is 18.1 Å². The summed E-state index contributed by atoms with van der Waals surface area (Å²) in [6.45, 7) is 2.52. The Bertz CT molecular complexity index is 225. The normalized spacial score (nSPS) is 25.2. The zero-order valence-corrected chi connectivity index (χ0v) is 7.04. The van der Waals surface area contributed by atoms with Crippen molar-refractivity contribution in [2.75, 3.05) is 6.61 Å². The number of nitrogens with zero attached hydrogens (tertiary/aromatic N) is 1. The van der Waals surface area contributed by atoms with Crippen molar-refractivity contribution in [2.24, 2.45) is 10.7 Å². The van der Waals surface area contributed by atoms with E-state index in [0.29, 0.717) is 12.3 Å². The summed E-state index contributed by atoms with van der Waals surface area (Å²) >= 11 is -0.772. The Hall–Kier alpha value is -0.810. The summed E-state index contributed by atoms with van der Waals surface area (Å²) in [5.41, 5.74) is 6.92. The molecular formula is C6H10N2O2S. The van der Waals surface area contributed by atoms with Crippen molar-refractivity contribution in [1.82, 2.24) is 0 Å². The van der Waals surface area contributed by atoms with Crippen molar-refractivity contribution >= 4 is 22.6 Å². The van der Waals surface area contributed by atoms with Crippen LogP contribution < -0.4 is 5.73 Å². The number of primary amides is 1. The van der Waals surface area contributed by atoms with Crippen molar-refractivity contribution in [1.29, 1.82) is 0 Å². The Morgan fingerprint density at radius 3 is 3.09 bits per heavy atom. The summed E-state index contributed by atoms with van der Waals surface area (Å²) in [7, 11) is 0. The molecule has 1 atom stereocenters. The van der Waals surface area contributed by atoms with Crippen LogP contribution in [0.5, 0.6) is 0 Å². The molecule has 0 radical (unpaired) electrons. The van der Waals surface area contributed by atoms with Crippen molar-refractivity contribution in [3.63, 3.8) is 0 Å². The maximum Gasteiger partial charge on any atom is 0.267 e. The number of carbonyl (C=O) groups excluding carboxylic acids is 1. The van der Waals surface area contributed by atoms with Gasteiger partial charge in [-0.2, -0.15) is 0 Å². The first-order chi connectivity index (χ1) is 5.24. The van der Waals surface area contributed by atoms with Crippen LogP contribution in [0.25, 0.3) is 0 Å². The van der Waals surface area contributed by atoms with E-state index in [4.69, 9.17) is 9.92 Å². The van der Waals surface area contributed by atoms with Crippen LogP contribution in [0.4, 0.5) is 0 Å². The maximum atomic E-state index is 10.5. The van der Waals surface area contributed by atoms with Gasteiger partial charge in [0.15, 0.2) is 0 Å². The highest BCUT2D eigenvalue weighted by Crippen LogP contribution is 2.31. The van der Waals surface area contributed by atoms with Crippen molar-refractivity contribution in [2.45, 2.75) is 6.92 Å². The third-order valence-corrected chi connectivity index (χ3v) is 2.49. The molecule has 62 valence electrons. The lowest BCUT2D eigenvalue weighted by Crippen LogP contribution is -2.11. The van der Waals surface area contributed by atoms with Gasteiger partial charge in [0, 0.05) is 5.41 Å². The number of rotatable bonds is 3. The Labute approximate surface area is 67.7 Å². The SMILES string of the molecule is CCO[SH]1C=NC(C(N)=O)=C1. The standard InChI is InChI=1S/C6H10N2O2S/c1-2-10-11-3-5(6(7)9)8-4-11/h3-4,11H,2H2,1H3,(H2,7,9). The molecule has 4 nitrogen and oxygen atoms in total. The largest absolute Gasteiger partial charge is 0.364 e. The fraction of sp³-hybridized carbons (Fsp3) is 0.333. The fourth-order valence-electron chi connectivity index (χ4n) is 0.653. The molecule has 0 spiro atoms. The van der Waals surface area contributed by atoms with Gasteiger partial charge in [0.2, 0.25) is 0 Å². The molecule has 0 aromatic heterocycles. The highest BCUT2D eigenvalue weighted by atomic mass is 32.2. The number of hydrogen-bond acceptors (Lipinski definition) is 3. The summed E-state index contributed by atoms with van der Waals surface area (Å²) < 4.78 is 5.21. The maximum absolute atomic E-state index is 10.5. The van der Waals surface area contributed by atoms with Crippen LogP contribution in [0, 0.1) is 0 Å². The second-order valence-electron chi connectivity index (χ2n) is 1.90. The van der Waals surface area contributed by atoms with E-state index in [2.05, 4.69) is 4.99 Å². The molecular weight excluding hydrogens is 164 g/mol. The first kappa shape index (κ1) is 8.29. The first-order valence-corrected chi connectivity index (χ1v) is 4.61. The number of carbonyl (C=O) groups is 1. The Balaban J connectivity index is 2.56. The Morgan fingerprint density at radius 2 is 2.64 bits per heavy atom. The molecule has 0 saturated carbocycles. The van der Waals surface area contributed by atoms with E-state index < -0.39 is 17.1 Å². The minimum atomic E-state index is -0.772. The van der Waals surface area contributed by atoms with Gasteiger partial charge >= 0.3 is 0 Å². The summed E-state index contributed by atoms with van der Waals surface area (Å²) in [6, 6.07) is 0. The smallest absolute Gasteiger partial charge is 0.267 e. The number of hydrogen-bond donors (Lipinski definition) is 2. The second-order valence-corrected chi connectivity index (χ2v) is 3.37. The lowest BCUT2D eigenvalue weighted by Gasteiger charge is -2.05. The van der Waals surface area contributed by atoms with E-state index in [1.165, 1.54) is 0 Å². The van der Waals surface area contributed by atoms with Gasteiger partial charge in [-0.3, -0.25) is 4.79 Å². The van der Waals surface area contributed by atoms with E-state index in [0.717, 1.165) is 0 Å². The quantitative estimate of drug-likeness (QED) is 0.605. The topological polar surface area (TPSA) is 64.7 Å². The van der Waals surface area contributed by atoms with E-state index in [1.807, 2.05) is 6.92 Å². The molecule has 0 saturated heterocycles. The molecule has 0 fully saturated rings. The molecule has 0 aliphatic carbocycles. The number of amides is 1. The molecule has 2 N–H and O–H groups in total. The third kappa shape index (κ3) is 2.06. The molecule has 5 heteroatoms. The zero-order valence-electron chi connectivity index (χ0n) is 6.15.